The maximum absolute atomic E-state index is 12.6. The van der Waals surface area contributed by atoms with Crippen LogP contribution < -0.4 is 4.74 Å². The molecule has 4 aliphatic rings. The molecule has 1 saturated heterocycles. The minimum atomic E-state index is -0.922. The van der Waals surface area contributed by atoms with Crippen molar-refractivity contribution in [3.05, 3.63) is 58.8 Å². The summed E-state index contributed by atoms with van der Waals surface area (Å²) in [5.41, 5.74) is 4.18. The first kappa shape index (κ1) is 19.5. The van der Waals surface area contributed by atoms with Gasteiger partial charge in [0.15, 0.2) is 17.6 Å². The van der Waals surface area contributed by atoms with Gasteiger partial charge in [-0.05, 0) is 55.6 Å². The van der Waals surface area contributed by atoms with Gasteiger partial charge < -0.3 is 19.9 Å². The number of hydrogen-bond donors (Lipinski definition) is 3. The van der Waals surface area contributed by atoms with Crippen LogP contribution in [0.4, 0.5) is 0 Å². The van der Waals surface area contributed by atoms with Crippen LogP contribution in [0.25, 0.3) is 10.9 Å². The van der Waals surface area contributed by atoms with E-state index in [0.717, 1.165) is 49.1 Å². The molecule has 2 aliphatic carbocycles. The number of aromatic amines is 1. The van der Waals surface area contributed by atoms with Gasteiger partial charge in [-0.25, -0.2) is 0 Å². The van der Waals surface area contributed by atoms with E-state index in [9.17, 15) is 10.2 Å². The molecule has 3 heterocycles. The highest BCUT2D eigenvalue weighted by Gasteiger charge is 2.72. The summed E-state index contributed by atoms with van der Waals surface area (Å²) in [7, 11) is 0. The fraction of sp³-hybridized carbons (Fsp3) is 0.440. The van der Waals surface area contributed by atoms with Gasteiger partial charge in [0.05, 0.1) is 16.7 Å². The molecule has 4 atom stereocenters. The Morgan fingerprint density at radius 2 is 2.06 bits per heavy atom. The van der Waals surface area contributed by atoms with E-state index in [0.29, 0.717) is 12.2 Å². The summed E-state index contributed by atoms with van der Waals surface area (Å²) >= 11 is 0. The zero-order valence-corrected chi connectivity index (χ0v) is 18.3. The van der Waals surface area contributed by atoms with E-state index in [4.69, 9.17) is 4.74 Å². The number of aromatic nitrogens is 1. The topological polar surface area (TPSA) is 68.7 Å². The maximum atomic E-state index is 12.6. The molecule has 0 radical (unpaired) electrons. The van der Waals surface area contributed by atoms with Crippen molar-refractivity contribution in [2.45, 2.75) is 55.8 Å². The molecule has 2 bridgehead atoms. The number of halogens is 1. The van der Waals surface area contributed by atoms with Crippen molar-refractivity contribution in [1.82, 2.24) is 9.88 Å². The van der Waals surface area contributed by atoms with Crippen LogP contribution in [0.1, 0.15) is 48.3 Å². The first-order valence-electron chi connectivity index (χ1n) is 11.2. The van der Waals surface area contributed by atoms with Crippen LogP contribution in [0, 0.1) is 0 Å². The quantitative estimate of drug-likeness (QED) is 0.565. The van der Waals surface area contributed by atoms with Crippen LogP contribution in [0.3, 0.4) is 0 Å². The molecule has 0 saturated carbocycles. The summed E-state index contributed by atoms with van der Waals surface area (Å²) in [6.07, 6.45) is 3.03. The number of phenolic OH excluding ortho intramolecular Hbond substituents is 1. The number of nitrogens with zero attached hydrogens (tertiary/aromatic N) is 1. The van der Waals surface area contributed by atoms with Crippen LogP contribution in [-0.2, 0) is 18.3 Å². The predicted octanol–water partition coefficient (Wildman–Crippen LogP) is 3.99. The number of aliphatic hydroxyl groups is 1. The number of ether oxygens (including phenoxy) is 1. The number of benzene rings is 2. The first-order chi connectivity index (χ1) is 14.6. The van der Waals surface area contributed by atoms with Gasteiger partial charge in [0.2, 0.25) is 0 Å². The van der Waals surface area contributed by atoms with E-state index < -0.39 is 11.0 Å². The van der Waals surface area contributed by atoms with Gasteiger partial charge in [-0.3, -0.25) is 4.90 Å². The van der Waals surface area contributed by atoms with Crippen molar-refractivity contribution in [2.75, 3.05) is 13.1 Å². The van der Waals surface area contributed by atoms with Crippen LogP contribution in [0.2, 0.25) is 0 Å². The Hall–Kier alpha value is -2.21. The van der Waals surface area contributed by atoms with Crippen molar-refractivity contribution in [2.24, 2.45) is 0 Å². The number of para-hydroxylation sites is 1. The second kappa shape index (κ2) is 6.18. The van der Waals surface area contributed by atoms with Crippen molar-refractivity contribution >= 4 is 23.3 Å². The number of rotatable bonds is 2. The Labute approximate surface area is 187 Å². The van der Waals surface area contributed by atoms with Gasteiger partial charge in [-0.15, -0.1) is 12.4 Å². The van der Waals surface area contributed by atoms with Crippen molar-refractivity contribution in [3.63, 3.8) is 0 Å². The SMILES string of the molecule is CCCN1CC[C@]23c4c5ccc(O)c4O[C@H]2c2[nH]c4ccccc4c2C[C@@]3(O)[C@H]1C5.Cl. The number of likely N-dealkylation sites (tertiary alicyclic amines) is 1. The second-order valence-corrected chi connectivity index (χ2v) is 9.59. The van der Waals surface area contributed by atoms with E-state index in [-0.39, 0.29) is 30.3 Å². The average molecular weight is 439 g/mol. The van der Waals surface area contributed by atoms with Crippen LogP contribution in [0.5, 0.6) is 11.5 Å². The highest BCUT2D eigenvalue weighted by atomic mass is 35.5. The van der Waals surface area contributed by atoms with Gasteiger partial charge in [0.1, 0.15) is 0 Å². The van der Waals surface area contributed by atoms with Gasteiger partial charge in [-0.1, -0.05) is 31.2 Å². The Kier molecular flexibility index (Phi) is 3.88. The minimum Gasteiger partial charge on any atom is -0.504 e. The van der Waals surface area contributed by atoms with Gasteiger partial charge in [0.25, 0.3) is 0 Å². The monoisotopic (exact) mass is 438 g/mol. The molecule has 162 valence electrons. The van der Waals surface area contributed by atoms with E-state index in [1.165, 1.54) is 16.5 Å². The molecule has 7 rings (SSSR count). The van der Waals surface area contributed by atoms with Crippen LogP contribution >= 0.6 is 12.4 Å². The fourth-order valence-electron chi connectivity index (χ4n) is 7.28. The fourth-order valence-corrected chi connectivity index (χ4v) is 7.28. The summed E-state index contributed by atoms with van der Waals surface area (Å²) in [6.45, 7) is 4.15. The summed E-state index contributed by atoms with van der Waals surface area (Å²) in [5, 5.41) is 24.5. The lowest BCUT2D eigenvalue weighted by atomic mass is 9.49. The third kappa shape index (κ3) is 2.06. The highest BCUT2D eigenvalue weighted by molar-refractivity contribution is 5.86. The zero-order valence-electron chi connectivity index (χ0n) is 17.5. The molecule has 0 unspecified atom stereocenters. The number of H-pyrrole nitrogens is 1. The standard InChI is InChI=1S/C25H26N2O3.ClH/c1-2-10-27-11-9-24-20-14-7-8-18(28)22(20)30-23(24)21-16(13-25(24,29)19(27)12-14)15-5-3-4-6-17(15)26-21;/h3-8,19,23,26,28-29H,2,9-13H2,1H3;1H/t19-,23+,24+,25-;/m1./s1. The lowest BCUT2D eigenvalue weighted by Crippen LogP contribution is -2.74. The lowest BCUT2D eigenvalue weighted by molar-refractivity contribution is -0.172. The predicted molar refractivity (Wildman–Crippen MR) is 121 cm³/mol. The van der Waals surface area contributed by atoms with Gasteiger partial charge >= 0.3 is 0 Å². The van der Waals surface area contributed by atoms with Gasteiger partial charge in [-0.2, -0.15) is 0 Å². The second-order valence-electron chi connectivity index (χ2n) is 9.59. The molecule has 3 aromatic rings. The molecule has 31 heavy (non-hydrogen) atoms. The molecule has 2 aromatic carbocycles. The summed E-state index contributed by atoms with van der Waals surface area (Å²) in [6, 6.07) is 12.2. The molecule has 2 aliphatic heterocycles. The third-order valence-electron chi connectivity index (χ3n) is 8.39. The normalized spacial score (nSPS) is 32.2. The molecule has 6 heteroatoms. The van der Waals surface area contributed by atoms with E-state index in [2.05, 4.69) is 35.0 Å². The van der Waals surface area contributed by atoms with Gasteiger partial charge in [0, 0.05) is 28.9 Å². The summed E-state index contributed by atoms with van der Waals surface area (Å²) in [5.74, 6) is 0.775. The minimum absolute atomic E-state index is 0. The Bertz CT molecular complexity index is 1220. The first-order valence-corrected chi connectivity index (χ1v) is 11.2. The third-order valence-corrected chi connectivity index (χ3v) is 8.39. The largest absolute Gasteiger partial charge is 0.504 e. The Balaban J connectivity index is 0.00000185. The highest BCUT2D eigenvalue weighted by Crippen LogP contribution is 2.68. The Morgan fingerprint density at radius 1 is 1.23 bits per heavy atom. The number of fused-ring (bicyclic) bond motifs is 4. The molecule has 0 amide bonds. The number of phenols is 1. The molecule has 3 N–H and O–H groups in total. The zero-order chi connectivity index (χ0) is 20.3. The van der Waals surface area contributed by atoms with Crippen molar-refractivity contribution < 1.29 is 14.9 Å². The smallest absolute Gasteiger partial charge is 0.166 e. The number of nitrogens with one attached hydrogen (secondary N) is 1. The molecular weight excluding hydrogens is 412 g/mol. The van der Waals surface area contributed by atoms with Crippen LogP contribution in [0.15, 0.2) is 36.4 Å². The lowest BCUT2D eigenvalue weighted by Gasteiger charge is -2.62. The number of piperidine rings is 1. The molecular formula is C25H27ClN2O3. The number of hydrogen-bond acceptors (Lipinski definition) is 4. The van der Waals surface area contributed by atoms with E-state index >= 15 is 0 Å². The van der Waals surface area contributed by atoms with Crippen molar-refractivity contribution in [1.29, 1.82) is 0 Å². The molecule has 5 nitrogen and oxygen atoms in total. The average Bonchev–Trinajstić information content (AvgIpc) is 3.27. The van der Waals surface area contributed by atoms with Crippen LogP contribution in [-0.4, -0.2) is 44.8 Å². The molecule has 1 fully saturated rings. The molecule has 1 aromatic heterocycles. The number of aromatic hydroxyl groups is 1. The summed E-state index contributed by atoms with van der Waals surface area (Å²) < 4.78 is 6.57. The van der Waals surface area contributed by atoms with E-state index in [1.807, 2.05) is 12.1 Å². The van der Waals surface area contributed by atoms with E-state index in [1.54, 1.807) is 6.07 Å². The maximum Gasteiger partial charge on any atom is 0.166 e. The van der Waals surface area contributed by atoms with Crippen molar-refractivity contribution in [3.8, 4) is 11.5 Å². The summed E-state index contributed by atoms with van der Waals surface area (Å²) in [4.78, 5) is 6.12. The molecule has 1 spiro atoms. The Morgan fingerprint density at radius 3 is 2.90 bits per heavy atom.